The third-order valence-corrected chi connectivity index (χ3v) is 5.11. The summed E-state index contributed by atoms with van der Waals surface area (Å²) in [7, 11) is 0. The zero-order valence-corrected chi connectivity index (χ0v) is 17.1. The van der Waals surface area contributed by atoms with Crippen molar-refractivity contribution in [1.29, 1.82) is 0 Å². The summed E-state index contributed by atoms with van der Waals surface area (Å²) in [4.78, 5) is 17.9. The molecule has 7 nitrogen and oxygen atoms in total. The molecule has 0 unspecified atom stereocenters. The van der Waals surface area contributed by atoms with Gasteiger partial charge in [-0.15, -0.1) is 11.3 Å². The largest absolute Gasteiger partial charge is 0.494 e. The number of rotatable bonds is 7. The van der Waals surface area contributed by atoms with Crippen LogP contribution in [0, 0.1) is 0 Å². The molecule has 2 heterocycles. The Hall–Kier alpha value is -3.65. The zero-order chi connectivity index (χ0) is 20.8. The van der Waals surface area contributed by atoms with Crippen LogP contribution in [0.4, 0.5) is 16.2 Å². The first-order valence-electron chi connectivity index (χ1n) is 9.46. The molecule has 30 heavy (non-hydrogen) atoms. The molecule has 4 aromatic rings. The lowest BCUT2D eigenvalue weighted by Gasteiger charge is -2.11. The number of urea groups is 1. The highest BCUT2D eigenvalue weighted by molar-refractivity contribution is 7.13. The Bertz CT molecular complexity index is 1110. The predicted molar refractivity (Wildman–Crippen MR) is 117 cm³/mol. The molecule has 0 saturated carbocycles. The molecule has 0 saturated heterocycles. The fraction of sp³-hybridized carbons (Fsp3) is 0.136. The average molecular weight is 420 g/mol. The van der Waals surface area contributed by atoms with E-state index in [2.05, 4.69) is 20.8 Å². The summed E-state index contributed by atoms with van der Waals surface area (Å²) in [5.74, 6) is 1.81. The van der Waals surface area contributed by atoms with Crippen LogP contribution < -0.4 is 15.4 Å². The minimum Gasteiger partial charge on any atom is -0.494 e. The van der Waals surface area contributed by atoms with Crippen molar-refractivity contribution in [2.75, 3.05) is 17.2 Å². The van der Waals surface area contributed by atoms with E-state index in [0.29, 0.717) is 36.1 Å². The van der Waals surface area contributed by atoms with Crippen molar-refractivity contribution >= 4 is 28.7 Å². The number of benzene rings is 2. The van der Waals surface area contributed by atoms with E-state index in [1.807, 2.05) is 60.8 Å². The third-order valence-electron chi connectivity index (χ3n) is 4.24. The molecule has 0 radical (unpaired) electrons. The Balaban J connectivity index is 1.42. The highest BCUT2D eigenvalue weighted by Gasteiger charge is 2.13. The number of carbonyl (C=O) groups is 1. The summed E-state index contributed by atoms with van der Waals surface area (Å²) in [6.45, 7) is 2.52. The van der Waals surface area contributed by atoms with Crippen LogP contribution in [0.1, 0.15) is 18.4 Å². The maximum absolute atomic E-state index is 12.5. The van der Waals surface area contributed by atoms with Gasteiger partial charge in [-0.05, 0) is 54.3 Å². The Morgan fingerprint density at radius 3 is 2.67 bits per heavy atom. The first-order chi connectivity index (χ1) is 14.7. The lowest BCUT2D eigenvalue weighted by Crippen LogP contribution is -2.20. The fourth-order valence-corrected chi connectivity index (χ4v) is 3.53. The van der Waals surface area contributed by atoms with Gasteiger partial charge in [0.1, 0.15) is 5.75 Å². The lowest BCUT2D eigenvalue weighted by atomic mass is 10.1. The molecule has 0 atom stereocenters. The van der Waals surface area contributed by atoms with Crippen molar-refractivity contribution in [2.24, 2.45) is 0 Å². The molecule has 0 fully saturated rings. The Morgan fingerprint density at radius 2 is 1.90 bits per heavy atom. The van der Waals surface area contributed by atoms with Crippen LogP contribution in [0.15, 0.2) is 70.6 Å². The molecule has 2 aromatic heterocycles. The van der Waals surface area contributed by atoms with Gasteiger partial charge in [0.2, 0.25) is 11.7 Å². The summed E-state index contributed by atoms with van der Waals surface area (Å²) in [5.41, 5.74) is 2.23. The van der Waals surface area contributed by atoms with Gasteiger partial charge in [-0.25, -0.2) is 4.79 Å². The van der Waals surface area contributed by atoms with Crippen molar-refractivity contribution in [2.45, 2.75) is 13.3 Å². The molecule has 0 aliphatic carbocycles. The SMILES string of the molecule is CCOc1ccc(NC(=O)Nc2ccccc2Cc2nc(-c3cccs3)no2)cc1. The number of para-hydroxylation sites is 1. The Labute approximate surface area is 177 Å². The van der Waals surface area contributed by atoms with E-state index in [9.17, 15) is 4.79 Å². The fourth-order valence-electron chi connectivity index (χ4n) is 2.88. The number of aromatic nitrogens is 2. The second-order valence-electron chi connectivity index (χ2n) is 6.36. The van der Waals surface area contributed by atoms with Crippen molar-refractivity contribution in [3.8, 4) is 16.5 Å². The maximum Gasteiger partial charge on any atom is 0.323 e. The molecular weight excluding hydrogens is 400 g/mol. The first kappa shape index (κ1) is 19.7. The summed E-state index contributed by atoms with van der Waals surface area (Å²) in [6, 6.07) is 18.3. The van der Waals surface area contributed by atoms with Crippen molar-refractivity contribution in [1.82, 2.24) is 10.1 Å². The van der Waals surface area contributed by atoms with E-state index in [1.165, 1.54) is 0 Å². The summed E-state index contributed by atoms with van der Waals surface area (Å²) in [6.07, 6.45) is 0.415. The van der Waals surface area contributed by atoms with Gasteiger partial charge < -0.3 is 19.9 Å². The maximum atomic E-state index is 12.5. The highest BCUT2D eigenvalue weighted by atomic mass is 32.1. The number of hydrogen-bond donors (Lipinski definition) is 2. The van der Waals surface area contributed by atoms with Gasteiger partial charge in [0.15, 0.2) is 0 Å². The van der Waals surface area contributed by atoms with Crippen LogP contribution in [0.2, 0.25) is 0 Å². The minimum atomic E-state index is -0.337. The lowest BCUT2D eigenvalue weighted by molar-refractivity contribution is 0.262. The zero-order valence-electron chi connectivity index (χ0n) is 16.3. The normalized spacial score (nSPS) is 10.6. The number of carbonyl (C=O) groups excluding carboxylic acids is 1. The molecule has 8 heteroatoms. The topological polar surface area (TPSA) is 89.3 Å². The summed E-state index contributed by atoms with van der Waals surface area (Å²) in [5, 5.41) is 11.7. The van der Waals surface area contributed by atoms with Gasteiger partial charge in [-0.1, -0.05) is 29.4 Å². The number of hydrogen-bond acceptors (Lipinski definition) is 6. The van der Waals surface area contributed by atoms with Gasteiger partial charge in [0, 0.05) is 11.4 Å². The van der Waals surface area contributed by atoms with E-state index in [1.54, 1.807) is 23.5 Å². The van der Waals surface area contributed by atoms with Gasteiger partial charge in [-0.3, -0.25) is 0 Å². The van der Waals surface area contributed by atoms with Gasteiger partial charge >= 0.3 is 6.03 Å². The molecular formula is C22H20N4O3S. The second-order valence-corrected chi connectivity index (χ2v) is 7.31. The number of ether oxygens (including phenoxy) is 1. The average Bonchev–Trinajstić information content (AvgIpc) is 3.43. The standard InChI is InChI=1S/C22H20N4O3S/c1-2-28-17-11-9-16(10-12-17)23-22(27)24-18-7-4-3-6-15(18)14-20-25-21(26-29-20)19-8-5-13-30-19/h3-13H,2,14H2,1H3,(H2,23,24,27). The molecule has 4 rings (SSSR count). The number of nitrogens with zero attached hydrogens (tertiary/aromatic N) is 2. The molecule has 152 valence electrons. The van der Waals surface area contributed by atoms with Crippen LogP contribution in [-0.4, -0.2) is 22.8 Å². The van der Waals surface area contributed by atoms with E-state index >= 15 is 0 Å². The number of nitrogens with one attached hydrogen (secondary N) is 2. The molecule has 2 N–H and O–H groups in total. The summed E-state index contributed by atoms with van der Waals surface area (Å²) < 4.78 is 10.8. The molecule has 0 aliphatic heterocycles. The number of amides is 2. The molecule has 2 amide bonds. The van der Waals surface area contributed by atoms with Crippen molar-refractivity contribution < 1.29 is 14.1 Å². The minimum absolute atomic E-state index is 0.337. The van der Waals surface area contributed by atoms with Crippen LogP contribution in [0.25, 0.3) is 10.7 Å². The Morgan fingerprint density at radius 1 is 1.07 bits per heavy atom. The Kier molecular flexibility index (Phi) is 6.05. The second kappa shape index (κ2) is 9.23. The quantitative estimate of drug-likeness (QED) is 0.416. The van der Waals surface area contributed by atoms with Crippen LogP contribution in [0.5, 0.6) is 5.75 Å². The number of thiophene rings is 1. The summed E-state index contributed by atoms with van der Waals surface area (Å²) >= 11 is 1.55. The van der Waals surface area contributed by atoms with E-state index in [4.69, 9.17) is 9.26 Å². The van der Waals surface area contributed by atoms with Gasteiger partial charge in [0.05, 0.1) is 17.9 Å². The monoisotopic (exact) mass is 420 g/mol. The first-order valence-corrected chi connectivity index (χ1v) is 10.3. The smallest absolute Gasteiger partial charge is 0.323 e. The van der Waals surface area contributed by atoms with Crippen molar-refractivity contribution in [3.63, 3.8) is 0 Å². The van der Waals surface area contributed by atoms with E-state index < -0.39 is 0 Å². The number of anilines is 2. The van der Waals surface area contributed by atoms with Gasteiger partial charge in [-0.2, -0.15) is 4.98 Å². The van der Waals surface area contributed by atoms with E-state index in [-0.39, 0.29) is 6.03 Å². The van der Waals surface area contributed by atoms with Crippen LogP contribution in [0.3, 0.4) is 0 Å². The highest BCUT2D eigenvalue weighted by Crippen LogP contribution is 2.24. The predicted octanol–water partition coefficient (Wildman–Crippen LogP) is 5.43. The third kappa shape index (κ3) is 4.84. The molecule has 2 aromatic carbocycles. The van der Waals surface area contributed by atoms with Crippen LogP contribution in [-0.2, 0) is 6.42 Å². The molecule has 0 aliphatic rings. The molecule has 0 spiro atoms. The van der Waals surface area contributed by atoms with E-state index in [0.717, 1.165) is 16.2 Å². The van der Waals surface area contributed by atoms with Crippen LogP contribution >= 0.6 is 11.3 Å². The molecule has 0 bridgehead atoms. The van der Waals surface area contributed by atoms with Gasteiger partial charge in [0.25, 0.3) is 0 Å². The van der Waals surface area contributed by atoms with Crippen molar-refractivity contribution in [3.05, 3.63) is 77.5 Å².